The molecule has 0 saturated carbocycles. The summed E-state index contributed by atoms with van der Waals surface area (Å²) in [6.07, 6.45) is 1.61. The zero-order valence-electron chi connectivity index (χ0n) is 15.3. The summed E-state index contributed by atoms with van der Waals surface area (Å²) in [4.78, 5) is 26.0. The lowest BCUT2D eigenvalue weighted by Crippen LogP contribution is -2.27. The summed E-state index contributed by atoms with van der Waals surface area (Å²) in [6.45, 7) is 1.86. The molecule has 0 bridgehead atoms. The summed E-state index contributed by atoms with van der Waals surface area (Å²) in [5, 5.41) is 4.21. The van der Waals surface area contributed by atoms with Crippen LogP contribution in [-0.4, -0.2) is 14.3 Å². The van der Waals surface area contributed by atoms with Crippen LogP contribution in [0.3, 0.4) is 0 Å². The van der Waals surface area contributed by atoms with Crippen LogP contribution in [-0.2, 0) is 12.8 Å². The molecule has 2 aromatic heterocycles. The first kappa shape index (κ1) is 17.1. The van der Waals surface area contributed by atoms with E-state index in [0.717, 1.165) is 12.8 Å². The lowest BCUT2D eigenvalue weighted by molar-refractivity contribution is 0.503. The van der Waals surface area contributed by atoms with Crippen LogP contribution in [0.4, 0.5) is 0 Å². The molecule has 28 heavy (non-hydrogen) atoms. The average molecular weight is 392 g/mol. The number of H-pyrrole nitrogens is 1. The summed E-state index contributed by atoms with van der Waals surface area (Å²) in [5.74, 6) is 0. The molecule has 0 spiro atoms. The van der Waals surface area contributed by atoms with Crippen molar-refractivity contribution < 1.29 is 0 Å². The first-order valence-corrected chi connectivity index (χ1v) is 9.60. The lowest BCUT2D eigenvalue weighted by atomic mass is 10.1. The van der Waals surface area contributed by atoms with Crippen LogP contribution in [0.15, 0.2) is 64.2 Å². The molecule has 6 heteroatoms. The Morgan fingerprint density at radius 3 is 2.29 bits per heavy atom. The highest BCUT2D eigenvalue weighted by atomic mass is 35.5. The fourth-order valence-corrected chi connectivity index (χ4v) is 4.46. The van der Waals surface area contributed by atoms with Crippen molar-refractivity contribution in [3.63, 3.8) is 0 Å². The van der Waals surface area contributed by atoms with Gasteiger partial charge in [-0.2, -0.15) is 0 Å². The minimum atomic E-state index is -0.168. The minimum Gasteiger partial charge on any atom is -0.308 e. The van der Waals surface area contributed by atoms with Gasteiger partial charge in [-0.15, -0.1) is 0 Å². The summed E-state index contributed by atoms with van der Waals surface area (Å²) in [7, 11) is 0. The van der Waals surface area contributed by atoms with Crippen LogP contribution in [0.1, 0.15) is 22.9 Å². The van der Waals surface area contributed by atoms with Gasteiger partial charge in [-0.3, -0.25) is 14.7 Å². The molecule has 0 saturated heterocycles. The number of hydrogen-bond acceptors (Lipinski definition) is 2. The quantitative estimate of drug-likeness (QED) is 0.565. The number of pyridine rings is 1. The molecule has 5 nitrogen and oxygen atoms in total. The van der Waals surface area contributed by atoms with Crippen molar-refractivity contribution in [2.24, 2.45) is 0 Å². The van der Waals surface area contributed by atoms with Crippen molar-refractivity contribution in [1.82, 2.24) is 14.3 Å². The second-order valence-electron chi connectivity index (χ2n) is 7.29. The van der Waals surface area contributed by atoms with Crippen LogP contribution in [0.25, 0.3) is 16.6 Å². The van der Waals surface area contributed by atoms with Gasteiger partial charge in [0.15, 0.2) is 0 Å². The van der Waals surface area contributed by atoms with Gasteiger partial charge in [-0.05, 0) is 55.2 Å². The number of nitrogens with one attached hydrogen (secondary N) is 1. The van der Waals surface area contributed by atoms with Crippen molar-refractivity contribution >= 4 is 22.5 Å². The first-order valence-electron chi connectivity index (χ1n) is 9.22. The third-order valence-electron chi connectivity index (χ3n) is 5.63. The van der Waals surface area contributed by atoms with E-state index in [9.17, 15) is 9.59 Å². The monoisotopic (exact) mass is 391 g/mol. The maximum absolute atomic E-state index is 13.1. The van der Waals surface area contributed by atoms with Crippen LogP contribution >= 0.6 is 11.6 Å². The highest BCUT2D eigenvalue weighted by molar-refractivity contribution is 6.30. The number of aromatic nitrogens is 3. The van der Waals surface area contributed by atoms with Gasteiger partial charge in [-0.25, -0.2) is 4.68 Å². The van der Waals surface area contributed by atoms with Crippen molar-refractivity contribution in [2.75, 3.05) is 0 Å². The SMILES string of the molecule is Cc1c2c(=O)n(-c3ccc(Cl)cc3)[nH]c2cc(=O)n1C1Cc2ccccc2C1. The summed E-state index contributed by atoms with van der Waals surface area (Å²) >= 11 is 5.95. The van der Waals surface area contributed by atoms with E-state index in [1.54, 1.807) is 28.8 Å². The molecule has 1 N–H and O–H groups in total. The molecule has 0 atom stereocenters. The van der Waals surface area contributed by atoms with Gasteiger partial charge < -0.3 is 4.57 Å². The molecule has 1 aliphatic carbocycles. The predicted octanol–water partition coefficient (Wildman–Crippen LogP) is 3.78. The molecule has 0 unspecified atom stereocenters. The fraction of sp³-hybridized carbons (Fsp3) is 0.182. The Bertz CT molecular complexity index is 1300. The Hall–Kier alpha value is -3.05. The van der Waals surface area contributed by atoms with Crippen molar-refractivity contribution in [1.29, 1.82) is 0 Å². The third-order valence-corrected chi connectivity index (χ3v) is 5.88. The Morgan fingerprint density at radius 1 is 1.00 bits per heavy atom. The first-order chi connectivity index (χ1) is 13.5. The van der Waals surface area contributed by atoms with E-state index in [1.165, 1.54) is 21.9 Å². The van der Waals surface area contributed by atoms with Crippen molar-refractivity contribution in [2.45, 2.75) is 25.8 Å². The third kappa shape index (κ3) is 2.54. The Balaban J connectivity index is 1.67. The van der Waals surface area contributed by atoms with E-state index in [0.29, 0.717) is 27.3 Å². The van der Waals surface area contributed by atoms with Crippen molar-refractivity contribution in [3.8, 4) is 5.69 Å². The average Bonchev–Trinajstić information content (AvgIpc) is 3.23. The summed E-state index contributed by atoms with van der Waals surface area (Å²) in [6, 6.07) is 16.8. The number of halogens is 1. The molecular weight excluding hydrogens is 374 g/mol. The topological polar surface area (TPSA) is 59.8 Å². The molecule has 0 amide bonds. The van der Waals surface area contributed by atoms with E-state index >= 15 is 0 Å². The number of nitrogens with zero attached hydrogens (tertiary/aromatic N) is 2. The summed E-state index contributed by atoms with van der Waals surface area (Å²) < 4.78 is 3.24. The highest BCUT2D eigenvalue weighted by Gasteiger charge is 2.26. The number of benzene rings is 2. The zero-order chi connectivity index (χ0) is 19.4. The highest BCUT2D eigenvalue weighted by Crippen LogP contribution is 2.30. The van der Waals surface area contributed by atoms with Gasteiger partial charge in [0.05, 0.1) is 16.6 Å². The van der Waals surface area contributed by atoms with Gasteiger partial charge in [-0.1, -0.05) is 35.9 Å². The van der Waals surface area contributed by atoms with Crippen LogP contribution < -0.4 is 11.1 Å². The molecular formula is C22H18ClN3O2. The summed E-state index contributed by atoms with van der Waals surface area (Å²) in [5.41, 5.74) is 4.21. The Labute approximate surface area is 165 Å². The number of hydrogen-bond donors (Lipinski definition) is 1. The lowest BCUT2D eigenvalue weighted by Gasteiger charge is -2.17. The van der Waals surface area contributed by atoms with Crippen LogP contribution in [0.5, 0.6) is 0 Å². The van der Waals surface area contributed by atoms with Crippen LogP contribution in [0.2, 0.25) is 5.02 Å². The molecule has 0 fully saturated rings. The zero-order valence-corrected chi connectivity index (χ0v) is 16.0. The molecule has 2 heterocycles. The van der Waals surface area contributed by atoms with E-state index < -0.39 is 0 Å². The minimum absolute atomic E-state index is 0.0348. The molecule has 1 aliphatic rings. The number of aryl methyl sites for hydroxylation is 1. The van der Waals surface area contributed by atoms with Crippen molar-refractivity contribution in [3.05, 3.63) is 97.1 Å². The largest absolute Gasteiger partial charge is 0.308 e. The van der Waals surface area contributed by atoms with E-state index in [2.05, 4.69) is 17.2 Å². The molecule has 5 rings (SSSR count). The second kappa shape index (κ2) is 6.24. The van der Waals surface area contributed by atoms with Gasteiger partial charge in [0.2, 0.25) is 0 Å². The van der Waals surface area contributed by atoms with Gasteiger partial charge in [0.1, 0.15) is 0 Å². The molecule has 140 valence electrons. The second-order valence-corrected chi connectivity index (χ2v) is 7.72. The van der Waals surface area contributed by atoms with Gasteiger partial charge in [0.25, 0.3) is 11.1 Å². The maximum Gasteiger partial charge on any atom is 0.280 e. The normalized spacial score (nSPS) is 13.9. The Kier molecular flexibility index (Phi) is 3.81. The molecule has 0 aliphatic heterocycles. The maximum atomic E-state index is 13.1. The number of rotatable bonds is 2. The Morgan fingerprint density at radius 2 is 1.64 bits per heavy atom. The number of aromatic amines is 1. The smallest absolute Gasteiger partial charge is 0.280 e. The molecule has 4 aromatic rings. The molecule has 0 radical (unpaired) electrons. The standard InChI is InChI=1S/C22H18ClN3O2/c1-13-21-19(24-26(22(21)28)17-8-6-16(23)7-9-17)12-20(27)25(13)18-10-14-4-2-3-5-15(14)11-18/h2-9,12,18,24H,10-11H2,1H3. The number of fused-ring (bicyclic) bond motifs is 2. The van der Waals surface area contributed by atoms with E-state index in [4.69, 9.17) is 11.6 Å². The fourth-order valence-electron chi connectivity index (χ4n) is 4.33. The van der Waals surface area contributed by atoms with Gasteiger partial charge >= 0.3 is 0 Å². The van der Waals surface area contributed by atoms with Crippen LogP contribution in [0, 0.1) is 6.92 Å². The van der Waals surface area contributed by atoms with Gasteiger partial charge in [0, 0.05) is 22.8 Å². The molecule has 2 aromatic carbocycles. The van der Waals surface area contributed by atoms with E-state index in [-0.39, 0.29) is 17.2 Å². The van der Waals surface area contributed by atoms with E-state index in [1.807, 2.05) is 19.1 Å². The predicted molar refractivity (Wildman–Crippen MR) is 111 cm³/mol.